The van der Waals surface area contributed by atoms with E-state index in [0.717, 1.165) is 11.1 Å². The van der Waals surface area contributed by atoms with Crippen molar-refractivity contribution in [2.75, 3.05) is 5.32 Å². The summed E-state index contributed by atoms with van der Waals surface area (Å²) in [6.45, 7) is 10.0. The molecular formula is C22H28N2O3S. The molecule has 1 aliphatic heterocycles. The van der Waals surface area contributed by atoms with Crippen LogP contribution in [0.25, 0.3) is 0 Å². The van der Waals surface area contributed by atoms with Gasteiger partial charge in [-0.15, -0.1) is 0 Å². The van der Waals surface area contributed by atoms with Crippen molar-refractivity contribution in [3.8, 4) is 0 Å². The normalized spacial score (nSPS) is 17.7. The van der Waals surface area contributed by atoms with Gasteiger partial charge in [0.15, 0.2) is 0 Å². The van der Waals surface area contributed by atoms with Crippen LogP contribution in [0.4, 0.5) is 5.69 Å². The maximum absolute atomic E-state index is 13.1. The van der Waals surface area contributed by atoms with Crippen LogP contribution in [-0.4, -0.2) is 14.3 Å². The number of anilines is 1. The molecule has 0 bridgehead atoms. The molecule has 3 rings (SSSR count). The predicted octanol–water partition coefficient (Wildman–Crippen LogP) is 4.54. The Morgan fingerprint density at radius 2 is 1.57 bits per heavy atom. The van der Waals surface area contributed by atoms with Gasteiger partial charge in [0.05, 0.1) is 10.8 Å². The average molecular weight is 401 g/mol. The minimum absolute atomic E-state index is 0.0799. The van der Waals surface area contributed by atoms with E-state index in [1.54, 1.807) is 25.1 Å². The summed E-state index contributed by atoms with van der Waals surface area (Å²) in [7, 11) is -3.73. The Hall–Kier alpha value is -2.18. The molecule has 2 aromatic carbocycles. The fraction of sp³-hybridized carbons (Fsp3) is 0.409. The number of fused-ring (bicyclic) bond motifs is 1. The first kappa shape index (κ1) is 20.6. The molecule has 0 saturated heterocycles. The van der Waals surface area contributed by atoms with Crippen LogP contribution < -0.4 is 10.0 Å². The fourth-order valence-electron chi connectivity index (χ4n) is 3.47. The summed E-state index contributed by atoms with van der Waals surface area (Å²) in [5.41, 5.74) is 3.56. The van der Waals surface area contributed by atoms with Crippen LogP contribution in [0, 0.1) is 5.92 Å². The standard InChI is InChI=1S/C22H28N2O3S/c1-13(2)16-6-8-17(9-7-16)21(14(3)4)24-28(26,27)18-10-11-20-19(12-18)15(5)22(25)23-20/h6-15,21,24H,1-5H3,(H,23,25)/t15-,21-/m0/s1. The molecule has 0 spiro atoms. The summed E-state index contributed by atoms with van der Waals surface area (Å²) in [4.78, 5) is 12.0. The second-order valence-corrected chi connectivity index (χ2v) is 9.84. The summed E-state index contributed by atoms with van der Waals surface area (Å²) in [5, 5.41) is 2.77. The molecule has 28 heavy (non-hydrogen) atoms. The van der Waals surface area contributed by atoms with Crippen molar-refractivity contribution in [3.63, 3.8) is 0 Å². The van der Waals surface area contributed by atoms with E-state index < -0.39 is 10.0 Å². The van der Waals surface area contributed by atoms with Gasteiger partial charge >= 0.3 is 0 Å². The number of amides is 1. The van der Waals surface area contributed by atoms with Crippen molar-refractivity contribution in [2.24, 2.45) is 5.92 Å². The van der Waals surface area contributed by atoms with E-state index >= 15 is 0 Å². The fourth-order valence-corrected chi connectivity index (χ4v) is 4.88. The van der Waals surface area contributed by atoms with Crippen molar-refractivity contribution in [1.29, 1.82) is 0 Å². The molecule has 150 valence electrons. The highest BCUT2D eigenvalue weighted by molar-refractivity contribution is 7.89. The Morgan fingerprint density at radius 3 is 2.14 bits per heavy atom. The molecule has 0 aliphatic carbocycles. The highest BCUT2D eigenvalue weighted by atomic mass is 32.2. The summed E-state index contributed by atoms with van der Waals surface area (Å²) >= 11 is 0. The van der Waals surface area contributed by atoms with Crippen LogP contribution in [0.15, 0.2) is 47.4 Å². The molecule has 5 nitrogen and oxygen atoms in total. The summed E-state index contributed by atoms with van der Waals surface area (Å²) < 4.78 is 29.0. The van der Waals surface area contributed by atoms with E-state index in [9.17, 15) is 13.2 Å². The quantitative estimate of drug-likeness (QED) is 0.747. The number of nitrogens with one attached hydrogen (secondary N) is 2. The molecule has 1 amide bonds. The first-order valence-corrected chi connectivity index (χ1v) is 11.2. The molecular weight excluding hydrogens is 372 g/mol. The second kappa shape index (κ2) is 7.68. The smallest absolute Gasteiger partial charge is 0.241 e. The lowest BCUT2D eigenvalue weighted by molar-refractivity contribution is -0.116. The van der Waals surface area contributed by atoms with Crippen molar-refractivity contribution < 1.29 is 13.2 Å². The molecule has 1 heterocycles. The molecule has 6 heteroatoms. The van der Waals surface area contributed by atoms with Gasteiger partial charge in [0.1, 0.15) is 0 Å². The van der Waals surface area contributed by atoms with Crippen molar-refractivity contribution in [1.82, 2.24) is 4.72 Å². The predicted molar refractivity (Wildman–Crippen MR) is 112 cm³/mol. The van der Waals surface area contributed by atoms with Gasteiger partial charge in [-0.2, -0.15) is 0 Å². The van der Waals surface area contributed by atoms with Crippen LogP contribution >= 0.6 is 0 Å². The third-order valence-corrected chi connectivity index (χ3v) is 6.80. The zero-order chi connectivity index (χ0) is 20.6. The SMILES string of the molecule is CC(C)c1ccc([C@@H](NS(=O)(=O)c2ccc3c(c2)[C@H](C)C(=O)N3)C(C)C)cc1. The number of carbonyl (C=O) groups is 1. The maximum atomic E-state index is 13.1. The zero-order valence-corrected chi connectivity index (χ0v) is 17.8. The first-order valence-electron chi connectivity index (χ1n) is 9.67. The summed E-state index contributed by atoms with van der Waals surface area (Å²) in [5.74, 6) is 0.0432. The Kier molecular flexibility index (Phi) is 5.64. The molecule has 0 radical (unpaired) electrons. The van der Waals surface area contributed by atoms with Gasteiger partial charge in [0, 0.05) is 11.7 Å². The molecule has 0 unspecified atom stereocenters. The van der Waals surface area contributed by atoms with Crippen LogP contribution in [0.1, 0.15) is 69.2 Å². The van der Waals surface area contributed by atoms with Crippen LogP contribution in [0.3, 0.4) is 0 Å². The molecule has 1 aliphatic rings. The van der Waals surface area contributed by atoms with E-state index in [4.69, 9.17) is 0 Å². The molecule has 0 aromatic heterocycles. The van der Waals surface area contributed by atoms with Crippen molar-refractivity contribution in [2.45, 2.75) is 57.4 Å². The Labute approximate surface area is 167 Å². The molecule has 0 saturated carbocycles. The van der Waals surface area contributed by atoms with Gasteiger partial charge in [-0.25, -0.2) is 13.1 Å². The number of carbonyl (C=O) groups excluding carboxylic acids is 1. The van der Waals surface area contributed by atoms with Gasteiger partial charge < -0.3 is 5.32 Å². The lowest BCUT2D eigenvalue weighted by atomic mass is 9.94. The van der Waals surface area contributed by atoms with Gasteiger partial charge in [-0.3, -0.25) is 4.79 Å². The first-order chi connectivity index (χ1) is 13.1. The average Bonchev–Trinajstić information content (AvgIpc) is 2.93. The Morgan fingerprint density at radius 1 is 0.964 bits per heavy atom. The minimum atomic E-state index is -3.73. The Balaban J connectivity index is 1.90. The number of hydrogen-bond donors (Lipinski definition) is 2. The number of sulfonamides is 1. The van der Waals surface area contributed by atoms with Crippen LogP contribution in [-0.2, 0) is 14.8 Å². The zero-order valence-electron chi connectivity index (χ0n) is 17.0. The van der Waals surface area contributed by atoms with E-state index in [1.165, 1.54) is 5.56 Å². The third kappa shape index (κ3) is 3.98. The summed E-state index contributed by atoms with van der Waals surface area (Å²) in [6.07, 6.45) is 0. The van der Waals surface area contributed by atoms with E-state index in [-0.39, 0.29) is 28.7 Å². The molecule has 2 atom stereocenters. The number of hydrogen-bond acceptors (Lipinski definition) is 3. The largest absolute Gasteiger partial charge is 0.325 e. The lowest BCUT2D eigenvalue weighted by Gasteiger charge is -2.23. The van der Waals surface area contributed by atoms with Crippen LogP contribution in [0.2, 0.25) is 0 Å². The van der Waals surface area contributed by atoms with Crippen molar-refractivity contribution in [3.05, 3.63) is 59.2 Å². The monoisotopic (exact) mass is 400 g/mol. The maximum Gasteiger partial charge on any atom is 0.241 e. The van der Waals surface area contributed by atoms with Gasteiger partial charge in [0.25, 0.3) is 0 Å². The molecule has 2 N–H and O–H groups in total. The van der Waals surface area contributed by atoms with E-state index in [1.807, 2.05) is 26.0 Å². The summed E-state index contributed by atoms with van der Waals surface area (Å²) in [6, 6.07) is 12.6. The molecule has 2 aromatic rings. The van der Waals surface area contributed by atoms with Gasteiger partial charge in [0.2, 0.25) is 15.9 Å². The van der Waals surface area contributed by atoms with E-state index in [2.05, 4.69) is 36.0 Å². The lowest BCUT2D eigenvalue weighted by Crippen LogP contribution is -2.32. The number of benzene rings is 2. The Bertz CT molecular complexity index is 979. The topological polar surface area (TPSA) is 75.3 Å². The highest BCUT2D eigenvalue weighted by Gasteiger charge is 2.30. The number of rotatable bonds is 6. The van der Waals surface area contributed by atoms with E-state index in [0.29, 0.717) is 11.6 Å². The highest BCUT2D eigenvalue weighted by Crippen LogP contribution is 2.34. The van der Waals surface area contributed by atoms with Crippen molar-refractivity contribution >= 4 is 21.6 Å². The second-order valence-electron chi connectivity index (χ2n) is 8.12. The third-order valence-electron chi connectivity index (χ3n) is 5.36. The molecule has 0 fully saturated rings. The van der Waals surface area contributed by atoms with Gasteiger partial charge in [-0.05, 0) is 53.6 Å². The van der Waals surface area contributed by atoms with Crippen LogP contribution in [0.5, 0.6) is 0 Å². The van der Waals surface area contributed by atoms with Gasteiger partial charge in [-0.1, -0.05) is 52.0 Å². The minimum Gasteiger partial charge on any atom is -0.325 e.